The van der Waals surface area contributed by atoms with Gasteiger partial charge in [-0.15, -0.1) is 0 Å². The second-order valence-corrected chi connectivity index (χ2v) is 5.02. The van der Waals surface area contributed by atoms with E-state index in [4.69, 9.17) is 0 Å². The molecule has 1 aliphatic carbocycles. The van der Waals surface area contributed by atoms with E-state index in [2.05, 4.69) is 10.9 Å². The summed E-state index contributed by atoms with van der Waals surface area (Å²) in [4.78, 5) is 3.39. The maximum absolute atomic E-state index is 3.39. The van der Waals surface area contributed by atoms with Gasteiger partial charge in [0.1, 0.15) is 0 Å². The van der Waals surface area contributed by atoms with Crippen LogP contribution in [-0.4, -0.2) is 15.8 Å². The van der Waals surface area contributed by atoms with Crippen LogP contribution < -0.4 is 0 Å². The number of hydrogen-bond donors (Lipinski definition) is 0. The molecule has 2 aliphatic rings. The van der Waals surface area contributed by atoms with E-state index in [9.17, 15) is 0 Å². The van der Waals surface area contributed by atoms with E-state index in [1.807, 2.05) is 0 Å². The Morgan fingerprint density at radius 3 is 3.11 bits per heavy atom. The normalized spacial score (nSPS) is 27.6. The minimum absolute atomic E-state index is 0.135. The standard InChI is InChI=1S/C8H10As/c1-2-4-8-7(3-1)5-6-9-8/h5,9H,1-4H2. The first-order valence-corrected chi connectivity index (χ1v) is 5.63. The number of allylic oxidation sites excluding steroid dienone is 3. The Labute approximate surface area is 62.7 Å². The van der Waals surface area contributed by atoms with Crippen LogP contribution in [0.1, 0.15) is 25.7 Å². The molecule has 2 rings (SSSR count). The van der Waals surface area contributed by atoms with Crippen LogP contribution in [-0.2, 0) is 0 Å². The first kappa shape index (κ1) is 5.80. The van der Waals surface area contributed by atoms with E-state index in [1.165, 1.54) is 25.7 Å². The topological polar surface area (TPSA) is 0 Å². The van der Waals surface area contributed by atoms with Gasteiger partial charge in [0.05, 0.1) is 0 Å². The molecule has 0 aromatic rings. The summed E-state index contributed by atoms with van der Waals surface area (Å²) < 4.78 is 1.79. The molecule has 0 spiro atoms. The predicted octanol–water partition coefficient (Wildman–Crippen LogP) is 1.58. The van der Waals surface area contributed by atoms with Crippen LogP contribution in [0, 0.1) is 4.86 Å². The van der Waals surface area contributed by atoms with Gasteiger partial charge in [-0.3, -0.25) is 0 Å². The van der Waals surface area contributed by atoms with Crippen LogP contribution in [0.5, 0.6) is 0 Å². The monoisotopic (exact) mass is 181 g/mol. The predicted molar refractivity (Wildman–Crippen MR) is 40.5 cm³/mol. The van der Waals surface area contributed by atoms with Gasteiger partial charge in [-0.1, -0.05) is 0 Å². The van der Waals surface area contributed by atoms with Crippen molar-refractivity contribution in [1.82, 2.24) is 0 Å². The molecule has 47 valence electrons. The van der Waals surface area contributed by atoms with Crippen LogP contribution in [0.3, 0.4) is 0 Å². The van der Waals surface area contributed by atoms with E-state index >= 15 is 0 Å². The van der Waals surface area contributed by atoms with Crippen LogP contribution in [0.2, 0.25) is 0 Å². The fourth-order valence-corrected chi connectivity index (χ4v) is 3.71. The number of hydrogen-bond acceptors (Lipinski definition) is 0. The van der Waals surface area contributed by atoms with Crippen LogP contribution in [0.4, 0.5) is 0 Å². The van der Waals surface area contributed by atoms with Gasteiger partial charge in [0, 0.05) is 0 Å². The zero-order chi connectivity index (χ0) is 6.10. The Balaban J connectivity index is 2.24. The van der Waals surface area contributed by atoms with Crippen molar-refractivity contribution in [2.24, 2.45) is 0 Å². The molecule has 1 aliphatic heterocycles. The van der Waals surface area contributed by atoms with Gasteiger partial charge in [-0.2, -0.15) is 0 Å². The summed E-state index contributed by atoms with van der Waals surface area (Å²) in [6, 6.07) is 0. The molecule has 9 heavy (non-hydrogen) atoms. The summed E-state index contributed by atoms with van der Waals surface area (Å²) in [7, 11) is 0. The van der Waals surface area contributed by atoms with Crippen molar-refractivity contribution in [3.63, 3.8) is 0 Å². The van der Waals surface area contributed by atoms with E-state index in [-0.39, 0.29) is 15.8 Å². The molecule has 1 radical (unpaired) electrons. The molecule has 0 amide bonds. The summed E-state index contributed by atoms with van der Waals surface area (Å²) in [5, 5.41) is 0. The maximum atomic E-state index is 3.39. The van der Waals surface area contributed by atoms with Crippen LogP contribution in [0.25, 0.3) is 0 Å². The third kappa shape index (κ3) is 1.01. The van der Waals surface area contributed by atoms with Gasteiger partial charge in [0.15, 0.2) is 0 Å². The zero-order valence-electron chi connectivity index (χ0n) is 5.41. The molecule has 1 heterocycles. The van der Waals surface area contributed by atoms with Crippen molar-refractivity contribution in [2.75, 3.05) is 0 Å². The van der Waals surface area contributed by atoms with Crippen molar-refractivity contribution < 1.29 is 0 Å². The molecule has 0 aromatic heterocycles. The SMILES string of the molecule is [C]1=CC2=C(CCCC2)[AsH]1. The van der Waals surface area contributed by atoms with Crippen molar-refractivity contribution in [1.29, 1.82) is 0 Å². The summed E-state index contributed by atoms with van der Waals surface area (Å²) in [6.45, 7) is 0. The van der Waals surface area contributed by atoms with Gasteiger partial charge in [0.2, 0.25) is 0 Å². The van der Waals surface area contributed by atoms with E-state index < -0.39 is 0 Å². The molecule has 0 saturated heterocycles. The van der Waals surface area contributed by atoms with Crippen molar-refractivity contribution >= 4 is 15.8 Å². The first-order chi connectivity index (χ1) is 4.47. The average molecular weight is 181 g/mol. The molecule has 0 fully saturated rings. The summed E-state index contributed by atoms with van der Waals surface area (Å²) in [6.07, 6.45) is 7.86. The van der Waals surface area contributed by atoms with E-state index in [0.717, 1.165) is 0 Å². The Bertz CT molecular complexity index is 177. The summed E-state index contributed by atoms with van der Waals surface area (Å²) in [5.41, 5.74) is 1.65. The van der Waals surface area contributed by atoms with Crippen LogP contribution in [0.15, 0.2) is 16.0 Å². The molecule has 1 heteroatoms. The Hall–Kier alpha value is 0.0384. The third-order valence-corrected chi connectivity index (χ3v) is 4.42. The van der Waals surface area contributed by atoms with Gasteiger partial charge in [0.25, 0.3) is 0 Å². The second-order valence-electron chi connectivity index (χ2n) is 2.62. The van der Waals surface area contributed by atoms with Gasteiger partial charge in [-0.25, -0.2) is 0 Å². The molecular formula is C8H10As. The molecule has 0 aromatic carbocycles. The third-order valence-electron chi connectivity index (χ3n) is 1.98. The molecular weight excluding hydrogens is 171 g/mol. The zero-order valence-corrected chi connectivity index (χ0v) is 7.50. The Morgan fingerprint density at radius 2 is 2.22 bits per heavy atom. The van der Waals surface area contributed by atoms with Crippen LogP contribution >= 0.6 is 0 Å². The van der Waals surface area contributed by atoms with Gasteiger partial charge < -0.3 is 0 Å². The molecule has 0 N–H and O–H groups in total. The molecule has 1 unspecified atom stereocenters. The average Bonchev–Trinajstić information content (AvgIpc) is 2.33. The van der Waals surface area contributed by atoms with E-state index in [0.29, 0.717) is 0 Å². The summed E-state index contributed by atoms with van der Waals surface area (Å²) in [5.74, 6) is 0. The minimum atomic E-state index is 0.135. The molecule has 0 bridgehead atoms. The number of rotatable bonds is 0. The van der Waals surface area contributed by atoms with Gasteiger partial charge >= 0.3 is 62.3 Å². The first-order valence-electron chi connectivity index (χ1n) is 3.53. The van der Waals surface area contributed by atoms with Crippen molar-refractivity contribution in [2.45, 2.75) is 25.7 Å². The summed E-state index contributed by atoms with van der Waals surface area (Å²) >= 11 is 0.135. The molecule has 1 atom stereocenters. The van der Waals surface area contributed by atoms with Crippen molar-refractivity contribution in [3.05, 3.63) is 20.9 Å². The molecule has 0 nitrogen and oxygen atoms in total. The molecule has 0 saturated carbocycles. The van der Waals surface area contributed by atoms with Gasteiger partial charge in [-0.05, 0) is 0 Å². The van der Waals surface area contributed by atoms with E-state index in [1.54, 1.807) is 9.93 Å². The Morgan fingerprint density at radius 1 is 1.33 bits per heavy atom. The van der Waals surface area contributed by atoms with Crippen molar-refractivity contribution in [3.8, 4) is 0 Å². The Kier molecular flexibility index (Phi) is 1.51. The quantitative estimate of drug-likeness (QED) is 0.498. The fourth-order valence-electron chi connectivity index (χ4n) is 1.44. The second kappa shape index (κ2) is 2.34. The fraction of sp³-hybridized carbons (Fsp3) is 0.500.